The molecule has 2 heterocycles. The Hall–Kier alpha value is -0.630. The number of carbonyl (C=O) groups excluding carboxylic acids is 1. The van der Waals surface area contributed by atoms with Crippen LogP contribution in [-0.2, 0) is 14.8 Å². The lowest BCUT2D eigenvalue weighted by atomic mass is 9.49. The molecule has 1 amide bonds. The molecule has 1 aliphatic heterocycles. The van der Waals surface area contributed by atoms with Gasteiger partial charge in [-0.2, -0.15) is 4.31 Å². The van der Waals surface area contributed by atoms with Gasteiger partial charge in [0.05, 0.1) is 5.41 Å². The van der Waals surface area contributed by atoms with Gasteiger partial charge in [0.1, 0.15) is 4.21 Å². The first-order valence-electron chi connectivity index (χ1n) is 9.82. The van der Waals surface area contributed by atoms with Gasteiger partial charge in [-0.05, 0) is 61.8 Å². The van der Waals surface area contributed by atoms with E-state index in [0.29, 0.717) is 42.2 Å². The Labute approximate surface area is 169 Å². The molecule has 1 saturated heterocycles. The average Bonchev–Trinajstić information content (AvgIpc) is 3.14. The zero-order valence-electron chi connectivity index (χ0n) is 15.3. The highest BCUT2D eigenvalue weighted by Gasteiger charge is 2.60. The third kappa shape index (κ3) is 2.96. The summed E-state index contributed by atoms with van der Waals surface area (Å²) in [7, 11) is -3.43. The molecule has 5 nitrogen and oxygen atoms in total. The Balaban J connectivity index is 1.30. The van der Waals surface area contributed by atoms with E-state index in [1.165, 1.54) is 22.1 Å². The number of piperazine rings is 1. The predicted molar refractivity (Wildman–Crippen MR) is 105 cm³/mol. The van der Waals surface area contributed by atoms with Crippen LogP contribution >= 0.6 is 22.9 Å². The molecule has 0 radical (unpaired) electrons. The Morgan fingerprint density at radius 3 is 2.33 bits per heavy atom. The Morgan fingerprint density at radius 2 is 1.78 bits per heavy atom. The molecule has 4 aliphatic carbocycles. The topological polar surface area (TPSA) is 57.7 Å². The zero-order valence-corrected chi connectivity index (χ0v) is 17.7. The van der Waals surface area contributed by atoms with Crippen molar-refractivity contribution in [1.82, 2.24) is 9.21 Å². The minimum Gasteiger partial charge on any atom is -0.340 e. The Kier molecular flexibility index (Phi) is 4.21. The van der Waals surface area contributed by atoms with Crippen LogP contribution in [0.4, 0.5) is 0 Å². The molecule has 5 fully saturated rings. The number of hydrogen-bond donors (Lipinski definition) is 0. The minimum absolute atomic E-state index is 0.177. The summed E-state index contributed by atoms with van der Waals surface area (Å²) in [5.41, 5.74) is -0.291. The van der Waals surface area contributed by atoms with E-state index in [9.17, 15) is 13.2 Å². The van der Waals surface area contributed by atoms with E-state index >= 15 is 0 Å². The molecule has 148 valence electrons. The Bertz CT molecular complexity index is 832. The molecule has 4 saturated carbocycles. The number of rotatable bonds is 3. The van der Waals surface area contributed by atoms with E-state index in [4.69, 9.17) is 11.6 Å². The Morgan fingerprint density at radius 1 is 1.11 bits per heavy atom. The van der Waals surface area contributed by atoms with E-state index in [1.807, 2.05) is 4.90 Å². The van der Waals surface area contributed by atoms with Crippen LogP contribution in [0.25, 0.3) is 0 Å². The summed E-state index contributed by atoms with van der Waals surface area (Å²) in [6.07, 6.45) is 6.12. The summed E-state index contributed by atoms with van der Waals surface area (Å²) in [4.78, 5) is 15.2. The molecule has 0 N–H and O–H groups in total. The molecule has 5 aliphatic rings. The van der Waals surface area contributed by atoms with Gasteiger partial charge in [0.15, 0.2) is 0 Å². The first-order chi connectivity index (χ1) is 12.8. The second kappa shape index (κ2) is 6.18. The summed E-state index contributed by atoms with van der Waals surface area (Å²) < 4.78 is 27.3. The first-order valence-corrected chi connectivity index (χ1v) is 12.5. The van der Waals surface area contributed by atoms with Gasteiger partial charge in [-0.3, -0.25) is 4.79 Å². The number of carbonyl (C=O) groups is 1. The highest BCUT2D eigenvalue weighted by molar-refractivity contribution is 7.91. The maximum absolute atomic E-state index is 13.5. The largest absolute Gasteiger partial charge is 0.340 e. The summed E-state index contributed by atoms with van der Waals surface area (Å²) >= 11 is 8.13. The highest BCUT2D eigenvalue weighted by Crippen LogP contribution is 2.64. The molecule has 2 atom stereocenters. The monoisotopic (exact) mass is 428 g/mol. The molecular formula is C19H25ClN2O3S2. The van der Waals surface area contributed by atoms with E-state index in [2.05, 4.69) is 0 Å². The van der Waals surface area contributed by atoms with Gasteiger partial charge in [0.25, 0.3) is 10.0 Å². The lowest BCUT2D eigenvalue weighted by Crippen LogP contribution is -2.61. The maximum atomic E-state index is 13.5. The minimum atomic E-state index is -3.43. The first kappa shape index (κ1) is 18.4. The van der Waals surface area contributed by atoms with Crippen molar-refractivity contribution in [3.8, 4) is 0 Å². The fourth-order valence-electron chi connectivity index (χ4n) is 6.41. The maximum Gasteiger partial charge on any atom is 0.252 e. The zero-order chi connectivity index (χ0) is 18.9. The molecular weight excluding hydrogens is 404 g/mol. The molecule has 4 bridgehead atoms. The second-order valence-electron chi connectivity index (χ2n) is 9.02. The molecule has 2 unspecified atom stereocenters. The van der Waals surface area contributed by atoms with Crippen LogP contribution in [0.1, 0.15) is 38.5 Å². The lowest BCUT2D eigenvalue weighted by Gasteiger charge is -2.60. The number of thiophene rings is 1. The third-order valence-corrected chi connectivity index (χ3v) is 10.8. The van der Waals surface area contributed by atoms with Crippen molar-refractivity contribution in [2.24, 2.45) is 17.3 Å². The predicted octanol–water partition coefficient (Wildman–Crippen LogP) is 3.16. The average molecular weight is 429 g/mol. The van der Waals surface area contributed by atoms with Crippen molar-refractivity contribution < 1.29 is 13.2 Å². The molecule has 8 heteroatoms. The van der Waals surface area contributed by atoms with Crippen LogP contribution in [0.15, 0.2) is 21.7 Å². The van der Waals surface area contributed by atoms with Crippen LogP contribution in [0, 0.1) is 17.3 Å². The normalized spacial score (nSPS) is 39.1. The quantitative estimate of drug-likeness (QED) is 0.695. The number of halogens is 1. The number of hydrogen-bond acceptors (Lipinski definition) is 4. The van der Waals surface area contributed by atoms with Crippen molar-refractivity contribution in [2.45, 2.75) is 47.6 Å². The van der Waals surface area contributed by atoms with E-state index < -0.39 is 10.0 Å². The molecule has 1 aromatic heterocycles. The molecule has 1 aromatic rings. The van der Waals surface area contributed by atoms with Crippen molar-refractivity contribution in [1.29, 1.82) is 0 Å². The van der Waals surface area contributed by atoms with Crippen LogP contribution in [-0.4, -0.2) is 54.6 Å². The summed E-state index contributed by atoms with van der Waals surface area (Å²) in [5.74, 6) is 1.41. The number of sulfonamides is 1. The van der Waals surface area contributed by atoms with Gasteiger partial charge in [-0.15, -0.1) is 22.9 Å². The SMILES string of the molecule is O=C(N1CCN(S(=O)(=O)c2cccs2)CC1)C12CC3CC(CC(Cl)(C3)C1)C2. The van der Waals surface area contributed by atoms with Crippen molar-refractivity contribution in [3.05, 3.63) is 17.5 Å². The lowest BCUT2D eigenvalue weighted by molar-refractivity contribution is -0.157. The number of alkyl halides is 1. The third-order valence-electron chi connectivity index (χ3n) is 7.06. The van der Waals surface area contributed by atoms with Gasteiger partial charge in [0.2, 0.25) is 5.91 Å². The van der Waals surface area contributed by atoms with Crippen LogP contribution in [0.3, 0.4) is 0 Å². The van der Waals surface area contributed by atoms with E-state index in [1.54, 1.807) is 17.5 Å². The van der Waals surface area contributed by atoms with Gasteiger partial charge in [0, 0.05) is 31.1 Å². The molecule has 6 rings (SSSR count). The van der Waals surface area contributed by atoms with Gasteiger partial charge in [-0.1, -0.05) is 6.07 Å². The molecule has 0 spiro atoms. The van der Waals surface area contributed by atoms with Crippen molar-refractivity contribution in [2.75, 3.05) is 26.2 Å². The van der Waals surface area contributed by atoms with Gasteiger partial charge >= 0.3 is 0 Å². The number of amides is 1. The number of nitrogens with zero attached hydrogens (tertiary/aromatic N) is 2. The highest BCUT2D eigenvalue weighted by atomic mass is 35.5. The van der Waals surface area contributed by atoms with Crippen LogP contribution < -0.4 is 0 Å². The fraction of sp³-hybridized carbons (Fsp3) is 0.737. The standard InChI is InChI=1S/C19H25ClN2O3S2/c20-19-11-14-8-15(12-19)10-18(9-14,13-19)17(23)21-3-5-22(6-4-21)27(24,25)16-2-1-7-26-16/h1-2,7,14-15H,3-6,8-13H2. The van der Waals surface area contributed by atoms with Gasteiger partial charge in [-0.25, -0.2) is 8.42 Å². The van der Waals surface area contributed by atoms with Crippen molar-refractivity contribution in [3.63, 3.8) is 0 Å². The summed E-state index contributed by atoms with van der Waals surface area (Å²) in [6.45, 7) is 1.72. The van der Waals surface area contributed by atoms with Gasteiger partial charge < -0.3 is 4.90 Å². The van der Waals surface area contributed by atoms with E-state index in [-0.39, 0.29) is 16.2 Å². The fourth-order valence-corrected chi connectivity index (χ4v) is 9.66. The molecule has 27 heavy (non-hydrogen) atoms. The van der Waals surface area contributed by atoms with Crippen molar-refractivity contribution >= 4 is 38.9 Å². The van der Waals surface area contributed by atoms with Crippen LogP contribution in [0.5, 0.6) is 0 Å². The summed E-state index contributed by atoms with van der Waals surface area (Å²) in [5, 5.41) is 1.78. The smallest absolute Gasteiger partial charge is 0.252 e. The second-order valence-corrected chi connectivity index (χ2v) is 12.9. The van der Waals surface area contributed by atoms with Crippen LogP contribution in [0.2, 0.25) is 0 Å². The molecule has 0 aromatic carbocycles. The summed E-state index contributed by atoms with van der Waals surface area (Å²) in [6, 6.07) is 3.40. The van der Waals surface area contributed by atoms with E-state index in [0.717, 1.165) is 32.1 Å².